The second-order valence-corrected chi connectivity index (χ2v) is 5.63. The zero-order chi connectivity index (χ0) is 12.7. The predicted octanol–water partition coefficient (Wildman–Crippen LogP) is 2.12. The molecule has 0 spiro atoms. The van der Waals surface area contributed by atoms with Gasteiger partial charge in [-0.3, -0.25) is 4.90 Å². The van der Waals surface area contributed by atoms with Gasteiger partial charge < -0.3 is 10.1 Å². The molecule has 1 unspecified atom stereocenters. The van der Waals surface area contributed by atoms with Crippen molar-refractivity contribution in [3.8, 4) is 0 Å². The zero-order valence-corrected chi connectivity index (χ0v) is 12.0. The average molecular weight is 242 g/mol. The van der Waals surface area contributed by atoms with Crippen LogP contribution in [0.1, 0.15) is 40.0 Å². The van der Waals surface area contributed by atoms with Gasteiger partial charge in [0.2, 0.25) is 0 Å². The van der Waals surface area contributed by atoms with Gasteiger partial charge in [-0.2, -0.15) is 0 Å². The summed E-state index contributed by atoms with van der Waals surface area (Å²) in [5, 5.41) is 3.53. The Morgan fingerprint density at radius 3 is 2.53 bits per heavy atom. The molecule has 0 aromatic heterocycles. The fraction of sp³-hybridized carbons (Fsp3) is 1.00. The molecular weight excluding hydrogens is 212 g/mol. The van der Waals surface area contributed by atoms with E-state index in [1.165, 1.54) is 19.4 Å². The second kappa shape index (κ2) is 8.06. The number of hydrogen-bond donors (Lipinski definition) is 1. The van der Waals surface area contributed by atoms with Crippen LogP contribution < -0.4 is 5.32 Å². The Morgan fingerprint density at radius 2 is 2.00 bits per heavy atom. The third-order valence-corrected chi connectivity index (χ3v) is 3.54. The molecule has 0 radical (unpaired) electrons. The highest BCUT2D eigenvalue weighted by molar-refractivity contribution is 4.82. The lowest BCUT2D eigenvalue weighted by molar-refractivity contribution is 0.151. The van der Waals surface area contributed by atoms with Gasteiger partial charge in [0.05, 0.1) is 0 Å². The van der Waals surface area contributed by atoms with Gasteiger partial charge in [0.25, 0.3) is 0 Å². The maximum atomic E-state index is 5.05. The normalized spacial score (nSPS) is 18.0. The van der Waals surface area contributed by atoms with Crippen molar-refractivity contribution in [2.24, 2.45) is 5.92 Å². The van der Waals surface area contributed by atoms with E-state index in [9.17, 15) is 0 Å². The van der Waals surface area contributed by atoms with Crippen LogP contribution in [-0.4, -0.2) is 50.3 Å². The smallest absolute Gasteiger partial charge is 0.0474 e. The quantitative estimate of drug-likeness (QED) is 0.594. The van der Waals surface area contributed by atoms with Gasteiger partial charge in [-0.05, 0) is 52.5 Å². The van der Waals surface area contributed by atoms with Gasteiger partial charge in [0.1, 0.15) is 0 Å². The number of nitrogens with zero attached hydrogens (tertiary/aromatic N) is 1. The van der Waals surface area contributed by atoms with E-state index in [-0.39, 0.29) is 0 Å². The second-order valence-electron chi connectivity index (χ2n) is 5.63. The fourth-order valence-electron chi connectivity index (χ4n) is 2.27. The van der Waals surface area contributed by atoms with Crippen molar-refractivity contribution in [2.45, 2.75) is 52.1 Å². The summed E-state index contributed by atoms with van der Waals surface area (Å²) in [4.78, 5) is 2.64. The van der Waals surface area contributed by atoms with Crippen molar-refractivity contribution in [3.63, 3.8) is 0 Å². The molecule has 1 aliphatic rings. The van der Waals surface area contributed by atoms with Gasteiger partial charge in [-0.15, -0.1) is 0 Å². The van der Waals surface area contributed by atoms with Gasteiger partial charge in [-0.1, -0.05) is 0 Å². The van der Waals surface area contributed by atoms with Crippen molar-refractivity contribution in [1.82, 2.24) is 10.2 Å². The Bertz CT molecular complexity index is 193. The molecule has 17 heavy (non-hydrogen) atoms. The molecule has 0 amide bonds. The maximum Gasteiger partial charge on any atom is 0.0474 e. The average Bonchev–Trinajstić information content (AvgIpc) is 3.08. The molecule has 0 saturated heterocycles. The molecule has 3 nitrogen and oxygen atoms in total. The Morgan fingerprint density at radius 1 is 1.29 bits per heavy atom. The highest BCUT2D eigenvalue weighted by Crippen LogP contribution is 2.30. The van der Waals surface area contributed by atoms with E-state index in [1.807, 2.05) is 0 Å². The van der Waals surface area contributed by atoms with E-state index in [0.29, 0.717) is 12.1 Å². The summed E-state index contributed by atoms with van der Waals surface area (Å²) >= 11 is 0. The molecule has 1 fully saturated rings. The van der Waals surface area contributed by atoms with E-state index in [2.05, 4.69) is 31.0 Å². The van der Waals surface area contributed by atoms with Crippen LogP contribution in [0.3, 0.4) is 0 Å². The monoisotopic (exact) mass is 242 g/mol. The van der Waals surface area contributed by atoms with Crippen LogP contribution in [-0.2, 0) is 4.74 Å². The Hall–Kier alpha value is -0.120. The number of methoxy groups -OCH3 is 1. The van der Waals surface area contributed by atoms with Gasteiger partial charge in [-0.25, -0.2) is 0 Å². The summed E-state index contributed by atoms with van der Waals surface area (Å²) in [6.45, 7) is 11.3. The Labute approximate surface area is 107 Å². The summed E-state index contributed by atoms with van der Waals surface area (Å²) in [6.07, 6.45) is 3.99. The van der Waals surface area contributed by atoms with Crippen LogP contribution in [0.5, 0.6) is 0 Å². The number of ether oxygens (including phenoxy) is 1. The van der Waals surface area contributed by atoms with E-state index in [4.69, 9.17) is 4.74 Å². The summed E-state index contributed by atoms with van der Waals surface area (Å²) in [5.41, 5.74) is 0. The molecule has 0 aromatic rings. The molecule has 102 valence electrons. The van der Waals surface area contributed by atoms with Crippen LogP contribution >= 0.6 is 0 Å². The first-order valence-corrected chi connectivity index (χ1v) is 7.10. The maximum absolute atomic E-state index is 5.05. The minimum absolute atomic E-state index is 0.637. The number of rotatable bonds is 10. The fourth-order valence-corrected chi connectivity index (χ4v) is 2.27. The molecule has 1 aliphatic carbocycles. The van der Waals surface area contributed by atoms with Crippen molar-refractivity contribution in [2.75, 3.05) is 33.4 Å². The molecule has 1 atom stereocenters. The van der Waals surface area contributed by atoms with Gasteiger partial charge in [0, 0.05) is 38.9 Å². The Kier molecular flexibility index (Phi) is 7.09. The lowest BCUT2D eigenvalue weighted by Gasteiger charge is -2.33. The first-order chi connectivity index (χ1) is 8.15. The van der Waals surface area contributed by atoms with E-state index >= 15 is 0 Å². The lowest BCUT2D eigenvalue weighted by atomic mass is 10.2. The predicted molar refractivity (Wildman–Crippen MR) is 73.4 cm³/mol. The SMILES string of the molecule is COCCCNCC(C)N(CC1CC1)C(C)C. The molecule has 1 saturated carbocycles. The molecule has 3 heteroatoms. The summed E-state index contributed by atoms with van der Waals surface area (Å²) < 4.78 is 5.05. The van der Waals surface area contributed by atoms with E-state index in [0.717, 1.165) is 32.0 Å². The van der Waals surface area contributed by atoms with E-state index in [1.54, 1.807) is 7.11 Å². The van der Waals surface area contributed by atoms with Crippen molar-refractivity contribution >= 4 is 0 Å². The van der Waals surface area contributed by atoms with Gasteiger partial charge >= 0.3 is 0 Å². The van der Waals surface area contributed by atoms with Crippen LogP contribution in [0.2, 0.25) is 0 Å². The topological polar surface area (TPSA) is 24.5 Å². The third-order valence-electron chi connectivity index (χ3n) is 3.54. The first-order valence-electron chi connectivity index (χ1n) is 7.10. The first kappa shape index (κ1) is 14.9. The van der Waals surface area contributed by atoms with E-state index < -0.39 is 0 Å². The molecule has 1 rings (SSSR count). The van der Waals surface area contributed by atoms with Crippen molar-refractivity contribution in [3.05, 3.63) is 0 Å². The number of nitrogens with one attached hydrogen (secondary N) is 1. The summed E-state index contributed by atoms with van der Waals surface area (Å²) in [5.74, 6) is 0.980. The molecule has 0 aromatic carbocycles. The molecule has 0 aliphatic heterocycles. The highest BCUT2D eigenvalue weighted by Gasteiger charge is 2.27. The number of hydrogen-bond acceptors (Lipinski definition) is 3. The standard InChI is InChI=1S/C14H30N2O/c1-12(2)16(11-14-6-7-14)13(3)10-15-8-5-9-17-4/h12-15H,5-11H2,1-4H3. The molecule has 1 N–H and O–H groups in total. The summed E-state index contributed by atoms with van der Waals surface area (Å²) in [7, 11) is 1.76. The van der Waals surface area contributed by atoms with Crippen molar-refractivity contribution < 1.29 is 4.74 Å². The van der Waals surface area contributed by atoms with Crippen LogP contribution in [0.15, 0.2) is 0 Å². The molecule has 0 heterocycles. The highest BCUT2D eigenvalue weighted by atomic mass is 16.5. The lowest BCUT2D eigenvalue weighted by Crippen LogP contribution is -2.45. The third kappa shape index (κ3) is 6.39. The minimum Gasteiger partial charge on any atom is -0.385 e. The zero-order valence-electron chi connectivity index (χ0n) is 12.0. The minimum atomic E-state index is 0.637. The molecule has 0 bridgehead atoms. The van der Waals surface area contributed by atoms with Crippen LogP contribution in [0, 0.1) is 5.92 Å². The van der Waals surface area contributed by atoms with Crippen LogP contribution in [0.4, 0.5) is 0 Å². The largest absolute Gasteiger partial charge is 0.385 e. The van der Waals surface area contributed by atoms with Crippen LogP contribution in [0.25, 0.3) is 0 Å². The molecular formula is C14H30N2O. The summed E-state index contributed by atoms with van der Waals surface area (Å²) in [6, 6.07) is 1.30. The van der Waals surface area contributed by atoms with Crippen molar-refractivity contribution in [1.29, 1.82) is 0 Å². The Balaban J connectivity index is 2.14. The van der Waals surface area contributed by atoms with Gasteiger partial charge in [0.15, 0.2) is 0 Å².